The van der Waals surface area contributed by atoms with Crippen LogP contribution in [0.15, 0.2) is 49.1 Å². The van der Waals surface area contributed by atoms with Crippen molar-refractivity contribution in [1.29, 1.82) is 0 Å². The average Bonchev–Trinajstić information content (AvgIpc) is 3.27. The third-order valence-corrected chi connectivity index (χ3v) is 8.57. The molecule has 2 aromatic carbocycles. The number of likely N-dealkylation sites (tertiary alicyclic amines) is 1. The normalized spacial score (nSPS) is 19.9. The van der Waals surface area contributed by atoms with E-state index in [1.807, 2.05) is 23.1 Å². The summed E-state index contributed by atoms with van der Waals surface area (Å²) in [5.41, 5.74) is 3.11. The number of nitrogens with zero attached hydrogens (tertiary/aromatic N) is 6. The second-order valence-electron chi connectivity index (χ2n) is 11.0. The number of likely N-dealkylation sites (N-methyl/N-ethyl adjacent to an activating group) is 1. The molecule has 1 atom stereocenters. The number of anilines is 2. The zero-order valence-electron chi connectivity index (χ0n) is 23.2. The molecule has 0 bridgehead atoms. The standard InChI is InChI=1S/C31H37FN6O2/c1-3-29(39)36-16-18-37(19-17-36)30-25-11-7-15-38(28-13-5-9-23-24(28)10-4-12-26(23)32)20-27(25)33-31(34-30)40-21-22-8-6-14-35(22)2/h3-5,9-10,12-13,22H,1,6-8,11,14-21H2,2H3/t22-/m0/s1. The van der Waals surface area contributed by atoms with Crippen LogP contribution in [0.2, 0.25) is 0 Å². The molecule has 1 aromatic heterocycles. The lowest BCUT2D eigenvalue weighted by atomic mass is 10.1. The van der Waals surface area contributed by atoms with E-state index in [2.05, 4.69) is 34.4 Å². The summed E-state index contributed by atoms with van der Waals surface area (Å²) in [4.78, 5) is 30.9. The van der Waals surface area contributed by atoms with Gasteiger partial charge in [0.15, 0.2) is 0 Å². The monoisotopic (exact) mass is 544 g/mol. The van der Waals surface area contributed by atoms with E-state index in [4.69, 9.17) is 14.7 Å². The van der Waals surface area contributed by atoms with Crippen LogP contribution in [0.25, 0.3) is 10.8 Å². The van der Waals surface area contributed by atoms with Crippen molar-refractivity contribution in [2.75, 3.05) is 62.7 Å². The van der Waals surface area contributed by atoms with E-state index in [0.29, 0.717) is 56.8 Å². The molecule has 3 aliphatic heterocycles. The first kappa shape index (κ1) is 26.5. The lowest BCUT2D eigenvalue weighted by molar-refractivity contribution is -0.126. The van der Waals surface area contributed by atoms with Crippen LogP contribution in [-0.4, -0.2) is 84.6 Å². The van der Waals surface area contributed by atoms with Gasteiger partial charge in [-0.05, 0) is 57.5 Å². The van der Waals surface area contributed by atoms with Crippen LogP contribution in [0, 0.1) is 5.82 Å². The molecule has 4 heterocycles. The lowest BCUT2D eigenvalue weighted by Crippen LogP contribution is -2.49. The number of ether oxygens (including phenoxy) is 1. The summed E-state index contributed by atoms with van der Waals surface area (Å²) in [6.07, 6.45) is 5.44. The molecule has 40 heavy (non-hydrogen) atoms. The van der Waals surface area contributed by atoms with Crippen LogP contribution in [0.4, 0.5) is 15.9 Å². The third kappa shape index (κ3) is 5.22. The summed E-state index contributed by atoms with van der Waals surface area (Å²) in [5, 5.41) is 1.54. The highest BCUT2D eigenvalue weighted by Gasteiger charge is 2.29. The zero-order chi connectivity index (χ0) is 27.6. The van der Waals surface area contributed by atoms with Gasteiger partial charge in [-0.2, -0.15) is 9.97 Å². The molecule has 2 saturated heterocycles. The molecular weight excluding hydrogens is 507 g/mol. The molecule has 2 fully saturated rings. The first-order valence-electron chi connectivity index (χ1n) is 14.3. The molecular formula is C31H37FN6O2. The summed E-state index contributed by atoms with van der Waals surface area (Å²) >= 11 is 0. The Kier molecular flexibility index (Phi) is 7.56. The maximum atomic E-state index is 14.6. The Labute approximate surface area is 235 Å². The van der Waals surface area contributed by atoms with Crippen molar-refractivity contribution in [2.45, 2.75) is 38.3 Å². The van der Waals surface area contributed by atoms with Crippen molar-refractivity contribution < 1.29 is 13.9 Å². The van der Waals surface area contributed by atoms with Gasteiger partial charge in [0, 0.05) is 60.8 Å². The van der Waals surface area contributed by atoms with E-state index >= 15 is 0 Å². The number of aromatic nitrogens is 2. The SMILES string of the molecule is C=CC(=O)N1CCN(c2nc(OC[C@@H]3CCCN3C)nc3c2CCCN(c2cccc4c(F)cccc24)C3)CC1. The summed E-state index contributed by atoms with van der Waals surface area (Å²) < 4.78 is 20.9. The fraction of sp³-hybridized carbons (Fsp3) is 0.452. The maximum Gasteiger partial charge on any atom is 0.318 e. The van der Waals surface area contributed by atoms with Gasteiger partial charge in [-0.25, -0.2) is 4.39 Å². The lowest BCUT2D eigenvalue weighted by Gasteiger charge is -2.36. The van der Waals surface area contributed by atoms with Crippen molar-refractivity contribution >= 4 is 28.2 Å². The molecule has 0 saturated carbocycles. The van der Waals surface area contributed by atoms with Crippen LogP contribution in [-0.2, 0) is 17.8 Å². The fourth-order valence-corrected chi connectivity index (χ4v) is 6.28. The fourth-order valence-electron chi connectivity index (χ4n) is 6.28. The van der Waals surface area contributed by atoms with Gasteiger partial charge < -0.3 is 24.3 Å². The van der Waals surface area contributed by atoms with Crippen molar-refractivity contribution in [2.24, 2.45) is 0 Å². The third-order valence-electron chi connectivity index (χ3n) is 8.57. The number of carbonyl (C=O) groups excluding carboxylic acids is 1. The van der Waals surface area contributed by atoms with Crippen LogP contribution in [0.3, 0.4) is 0 Å². The van der Waals surface area contributed by atoms with Gasteiger partial charge >= 0.3 is 6.01 Å². The van der Waals surface area contributed by atoms with E-state index in [9.17, 15) is 9.18 Å². The predicted octanol–water partition coefficient (Wildman–Crippen LogP) is 4.03. The number of hydrogen-bond donors (Lipinski definition) is 0. The minimum atomic E-state index is -0.208. The van der Waals surface area contributed by atoms with Gasteiger partial charge in [-0.15, -0.1) is 0 Å². The van der Waals surface area contributed by atoms with Gasteiger partial charge in [-0.3, -0.25) is 4.79 Å². The molecule has 3 aromatic rings. The van der Waals surface area contributed by atoms with Gasteiger partial charge in [0.25, 0.3) is 0 Å². The van der Waals surface area contributed by atoms with Gasteiger partial charge in [-0.1, -0.05) is 30.8 Å². The van der Waals surface area contributed by atoms with E-state index in [1.54, 1.807) is 6.07 Å². The van der Waals surface area contributed by atoms with Crippen LogP contribution in [0.1, 0.15) is 30.5 Å². The minimum Gasteiger partial charge on any atom is -0.462 e. The molecule has 0 unspecified atom stereocenters. The Balaban J connectivity index is 1.33. The number of piperazine rings is 1. The molecule has 3 aliphatic rings. The molecule has 0 N–H and O–H groups in total. The number of hydrogen-bond acceptors (Lipinski definition) is 7. The summed E-state index contributed by atoms with van der Waals surface area (Å²) in [6.45, 7) is 9.34. The van der Waals surface area contributed by atoms with Crippen LogP contribution >= 0.6 is 0 Å². The van der Waals surface area contributed by atoms with E-state index in [-0.39, 0.29) is 11.7 Å². The Hall–Kier alpha value is -3.72. The molecule has 0 spiro atoms. The van der Waals surface area contributed by atoms with E-state index in [1.165, 1.54) is 18.6 Å². The van der Waals surface area contributed by atoms with Crippen molar-refractivity contribution in [3.63, 3.8) is 0 Å². The Morgan fingerprint density at radius 2 is 1.82 bits per heavy atom. The van der Waals surface area contributed by atoms with Crippen molar-refractivity contribution in [3.8, 4) is 6.01 Å². The molecule has 6 rings (SSSR count). The molecule has 1 amide bonds. The maximum absolute atomic E-state index is 14.6. The smallest absolute Gasteiger partial charge is 0.318 e. The quantitative estimate of drug-likeness (QED) is 0.434. The predicted molar refractivity (Wildman–Crippen MR) is 155 cm³/mol. The molecule has 9 heteroatoms. The number of carbonyl (C=O) groups is 1. The highest BCUT2D eigenvalue weighted by molar-refractivity contribution is 5.94. The van der Waals surface area contributed by atoms with Gasteiger partial charge in [0.1, 0.15) is 18.2 Å². The highest BCUT2D eigenvalue weighted by atomic mass is 19.1. The van der Waals surface area contributed by atoms with Crippen LogP contribution in [0.5, 0.6) is 6.01 Å². The number of rotatable bonds is 6. The summed E-state index contributed by atoms with van der Waals surface area (Å²) in [5.74, 6) is 0.671. The van der Waals surface area contributed by atoms with E-state index < -0.39 is 0 Å². The Bertz CT molecular complexity index is 1410. The number of benzene rings is 2. The first-order valence-corrected chi connectivity index (χ1v) is 14.3. The average molecular weight is 545 g/mol. The van der Waals surface area contributed by atoms with Gasteiger partial charge in [0.2, 0.25) is 5.91 Å². The van der Waals surface area contributed by atoms with Gasteiger partial charge in [0.05, 0.1) is 12.2 Å². The van der Waals surface area contributed by atoms with Crippen molar-refractivity contribution in [3.05, 3.63) is 66.1 Å². The second-order valence-corrected chi connectivity index (χ2v) is 11.0. The Morgan fingerprint density at radius 3 is 2.60 bits per heavy atom. The topological polar surface area (TPSA) is 65.0 Å². The number of amides is 1. The first-order chi connectivity index (χ1) is 19.5. The minimum absolute atomic E-state index is 0.0342. The Morgan fingerprint density at radius 1 is 1.02 bits per heavy atom. The van der Waals surface area contributed by atoms with E-state index in [0.717, 1.165) is 60.5 Å². The summed E-state index contributed by atoms with van der Waals surface area (Å²) in [7, 11) is 2.14. The molecule has 8 nitrogen and oxygen atoms in total. The second kappa shape index (κ2) is 11.4. The zero-order valence-corrected chi connectivity index (χ0v) is 23.2. The molecule has 210 valence electrons. The van der Waals surface area contributed by atoms with Crippen molar-refractivity contribution in [1.82, 2.24) is 19.8 Å². The number of halogens is 1. The number of fused-ring (bicyclic) bond motifs is 2. The largest absolute Gasteiger partial charge is 0.462 e. The van der Waals surface area contributed by atoms with Crippen LogP contribution < -0.4 is 14.5 Å². The molecule has 0 radical (unpaired) electrons. The summed E-state index contributed by atoms with van der Waals surface area (Å²) in [6, 6.07) is 11.9. The molecule has 0 aliphatic carbocycles. The highest BCUT2D eigenvalue weighted by Crippen LogP contribution is 2.34.